The molecule has 0 bridgehead atoms. The number of rotatable bonds is 4. The van der Waals surface area contributed by atoms with Crippen LogP contribution in [0.25, 0.3) is 99.2 Å². The first-order chi connectivity index (χ1) is 24.8. The third-order valence-corrected chi connectivity index (χ3v) is 9.89. The van der Waals surface area contributed by atoms with Gasteiger partial charge in [-0.15, -0.1) is 0 Å². The molecule has 50 heavy (non-hydrogen) atoms. The fraction of sp³-hybridized carbons (Fsp3) is 0. The van der Waals surface area contributed by atoms with Crippen LogP contribution in [-0.4, -0.2) is 15.0 Å². The SMILES string of the molecule is c1ccc(-c2nc(-c3ccc4ccc5ccc6ccccc6c5c4c3)nc(-c3cccc4c(-c5cccc6ccccc56)cccc34)n2)cc1. The molecule has 0 radical (unpaired) electrons. The van der Waals surface area contributed by atoms with E-state index in [0.29, 0.717) is 17.5 Å². The standard InChI is InChI=1S/C47H29N3/c1-2-13-34(14-3-1)45-48-46(35-28-25-32-24-27-33-26-23-31-12-5-7-17-37(31)44(33)43(32)29-35)50-47(49-45)42-22-10-20-40-39(19-9-21-41(40)42)38-18-8-15-30-11-4-6-16-36(30)38/h1-29H. The average Bonchev–Trinajstić information content (AvgIpc) is 3.20. The predicted molar refractivity (Wildman–Crippen MR) is 209 cm³/mol. The molecule has 1 aromatic heterocycles. The lowest BCUT2D eigenvalue weighted by Gasteiger charge is -2.14. The average molecular weight is 636 g/mol. The Bertz CT molecular complexity index is 2920. The Morgan fingerprint density at radius 3 is 1.52 bits per heavy atom. The molecule has 3 heteroatoms. The van der Waals surface area contributed by atoms with Gasteiger partial charge in [-0.2, -0.15) is 0 Å². The molecule has 0 saturated heterocycles. The minimum Gasteiger partial charge on any atom is -0.208 e. The zero-order chi connectivity index (χ0) is 33.0. The second-order valence-electron chi connectivity index (χ2n) is 12.8. The van der Waals surface area contributed by atoms with E-state index < -0.39 is 0 Å². The summed E-state index contributed by atoms with van der Waals surface area (Å²) in [6, 6.07) is 62.3. The monoisotopic (exact) mass is 635 g/mol. The van der Waals surface area contributed by atoms with E-state index in [1.807, 2.05) is 18.2 Å². The third kappa shape index (κ3) is 4.63. The Morgan fingerprint density at radius 2 is 0.740 bits per heavy atom. The van der Waals surface area contributed by atoms with E-state index in [9.17, 15) is 0 Å². The van der Waals surface area contributed by atoms with Gasteiger partial charge in [0.05, 0.1) is 0 Å². The lowest BCUT2D eigenvalue weighted by atomic mass is 9.92. The van der Waals surface area contributed by atoms with Crippen LogP contribution >= 0.6 is 0 Å². The topological polar surface area (TPSA) is 38.7 Å². The zero-order valence-electron chi connectivity index (χ0n) is 27.1. The summed E-state index contributed by atoms with van der Waals surface area (Å²) in [6.07, 6.45) is 0. The molecule has 0 spiro atoms. The molecule has 0 amide bonds. The third-order valence-electron chi connectivity index (χ3n) is 9.89. The molecule has 0 aliphatic rings. The largest absolute Gasteiger partial charge is 0.208 e. The predicted octanol–water partition coefficient (Wildman–Crippen LogP) is 12.3. The summed E-state index contributed by atoms with van der Waals surface area (Å²) in [4.78, 5) is 15.5. The minimum absolute atomic E-state index is 0.648. The fourth-order valence-corrected chi connectivity index (χ4v) is 7.51. The second kappa shape index (κ2) is 11.5. The molecule has 0 atom stereocenters. The number of hydrogen-bond acceptors (Lipinski definition) is 3. The Labute approximate surface area is 289 Å². The van der Waals surface area contributed by atoms with Gasteiger partial charge in [0.1, 0.15) is 0 Å². The van der Waals surface area contributed by atoms with Crippen molar-refractivity contribution in [3.05, 3.63) is 176 Å². The van der Waals surface area contributed by atoms with Crippen LogP contribution in [0.15, 0.2) is 176 Å². The summed E-state index contributed by atoms with van der Waals surface area (Å²) < 4.78 is 0. The van der Waals surface area contributed by atoms with E-state index in [2.05, 4.69) is 158 Å². The summed E-state index contributed by atoms with van der Waals surface area (Å²) >= 11 is 0. The molecule has 9 aromatic carbocycles. The Kier molecular flexibility index (Phi) is 6.49. The Hall–Kier alpha value is -6.71. The van der Waals surface area contributed by atoms with Gasteiger partial charge in [0.25, 0.3) is 0 Å². The normalized spacial score (nSPS) is 11.6. The second-order valence-corrected chi connectivity index (χ2v) is 12.8. The van der Waals surface area contributed by atoms with Crippen molar-refractivity contribution >= 4 is 53.9 Å². The van der Waals surface area contributed by atoms with Gasteiger partial charge in [-0.05, 0) is 71.1 Å². The van der Waals surface area contributed by atoms with Crippen molar-refractivity contribution in [1.82, 2.24) is 15.0 Å². The van der Waals surface area contributed by atoms with E-state index in [0.717, 1.165) is 27.5 Å². The van der Waals surface area contributed by atoms with Crippen LogP contribution in [0.2, 0.25) is 0 Å². The Morgan fingerprint density at radius 1 is 0.260 bits per heavy atom. The van der Waals surface area contributed by atoms with Crippen molar-refractivity contribution in [2.75, 3.05) is 0 Å². The van der Waals surface area contributed by atoms with Gasteiger partial charge in [0, 0.05) is 16.7 Å². The number of fused-ring (bicyclic) bond motifs is 7. The van der Waals surface area contributed by atoms with Gasteiger partial charge < -0.3 is 0 Å². The van der Waals surface area contributed by atoms with E-state index >= 15 is 0 Å². The van der Waals surface area contributed by atoms with Gasteiger partial charge in [-0.1, -0.05) is 170 Å². The first-order valence-corrected chi connectivity index (χ1v) is 16.9. The van der Waals surface area contributed by atoms with Crippen molar-refractivity contribution < 1.29 is 0 Å². The lowest BCUT2D eigenvalue weighted by Crippen LogP contribution is -2.00. The molecule has 0 aliphatic carbocycles. The molecule has 0 unspecified atom stereocenters. The first kappa shape index (κ1) is 28.3. The number of nitrogens with zero attached hydrogens (tertiary/aromatic N) is 3. The van der Waals surface area contributed by atoms with Gasteiger partial charge in [-0.25, -0.2) is 15.0 Å². The van der Waals surface area contributed by atoms with Crippen LogP contribution in [-0.2, 0) is 0 Å². The van der Waals surface area contributed by atoms with Gasteiger partial charge in [0.2, 0.25) is 0 Å². The smallest absolute Gasteiger partial charge is 0.164 e. The van der Waals surface area contributed by atoms with E-state index in [1.54, 1.807) is 0 Å². The zero-order valence-corrected chi connectivity index (χ0v) is 27.1. The summed E-state index contributed by atoms with van der Waals surface area (Å²) in [5, 5.41) is 12.0. The maximum absolute atomic E-state index is 5.23. The van der Waals surface area contributed by atoms with Crippen LogP contribution in [0.5, 0.6) is 0 Å². The van der Waals surface area contributed by atoms with Gasteiger partial charge in [0.15, 0.2) is 17.5 Å². The number of aromatic nitrogens is 3. The fourth-order valence-electron chi connectivity index (χ4n) is 7.51. The molecule has 3 nitrogen and oxygen atoms in total. The maximum Gasteiger partial charge on any atom is 0.164 e. The van der Waals surface area contributed by atoms with Crippen molar-refractivity contribution in [1.29, 1.82) is 0 Å². The highest BCUT2D eigenvalue weighted by Crippen LogP contribution is 2.38. The maximum atomic E-state index is 5.23. The first-order valence-electron chi connectivity index (χ1n) is 16.9. The van der Waals surface area contributed by atoms with E-state index in [1.165, 1.54) is 54.2 Å². The van der Waals surface area contributed by atoms with Crippen molar-refractivity contribution in [3.63, 3.8) is 0 Å². The van der Waals surface area contributed by atoms with Crippen LogP contribution < -0.4 is 0 Å². The van der Waals surface area contributed by atoms with Crippen molar-refractivity contribution in [3.8, 4) is 45.3 Å². The van der Waals surface area contributed by atoms with Gasteiger partial charge >= 0.3 is 0 Å². The molecular weight excluding hydrogens is 607 g/mol. The summed E-state index contributed by atoms with van der Waals surface area (Å²) in [5.41, 5.74) is 5.28. The molecule has 0 fully saturated rings. The highest BCUT2D eigenvalue weighted by atomic mass is 15.0. The van der Waals surface area contributed by atoms with E-state index in [4.69, 9.17) is 15.0 Å². The summed E-state index contributed by atoms with van der Waals surface area (Å²) in [7, 11) is 0. The lowest BCUT2D eigenvalue weighted by molar-refractivity contribution is 1.08. The van der Waals surface area contributed by atoms with Crippen molar-refractivity contribution in [2.24, 2.45) is 0 Å². The number of hydrogen-bond donors (Lipinski definition) is 0. The molecular formula is C47H29N3. The molecule has 10 rings (SSSR count). The molecule has 10 aromatic rings. The quantitative estimate of drug-likeness (QED) is 0.181. The van der Waals surface area contributed by atoms with Crippen LogP contribution in [0.3, 0.4) is 0 Å². The molecule has 232 valence electrons. The van der Waals surface area contributed by atoms with Crippen LogP contribution in [0, 0.1) is 0 Å². The summed E-state index contributed by atoms with van der Waals surface area (Å²) in [5.74, 6) is 1.95. The minimum atomic E-state index is 0.648. The molecule has 0 aliphatic heterocycles. The van der Waals surface area contributed by atoms with Crippen molar-refractivity contribution in [2.45, 2.75) is 0 Å². The highest BCUT2D eigenvalue weighted by Gasteiger charge is 2.17. The molecule has 1 heterocycles. The van der Waals surface area contributed by atoms with Crippen LogP contribution in [0.1, 0.15) is 0 Å². The van der Waals surface area contributed by atoms with Gasteiger partial charge in [-0.3, -0.25) is 0 Å². The molecule has 0 N–H and O–H groups in total. The van der Waals surface area contributed by atoms with E-state index in [-0.39, 0.29) is 0 Å². The molecule has 0 saturated carbocycles. The highest BCUT2D eigenvalue weighted by molar-refractivity contribution is 6.20. The summed E-state index contributed by atoms with van der Waals surface area (Å²) in [6.45, 7) is 0. The number of benzene rings is 9. The van der Waals surface area contributed by atoms with Crippen LogP contribution in [0.4, 0.5) is 0 Å². The Balaban J connectivity index is 1.21.